The molecule has 6 nitrogen and oxygen atoms in total. The number of carboxylic acid groups (broad SMARTS) is 1. The lowest BCUT2D eigenvalue weighted by molar-refractivity contribution is 0.0702. The van der Waals surface area contributed by atoms with Crippen LogP contribution in [0.5, 0.6) is 0 Å². The fourth-order valence-corrected chi connectivity index (χ4v) is 2.14. The SMILES string of the molecule is O=C(Nc1ccc(C(=O)O)s1)c1csnn1. The van der Waals surface area contributed by atoms with Crippen LogP contribution in [0.25, 0.3) is 0 Å². The zero-order valence-corrected chi connectivity index (χ0v) is 9.34. The molecule has 8 heteroatoms. The summed E-state index contributed by atoms with van der Waals surface area (Å²) in [6.07, 6.45) is 0. The normalized spacial score (nSPS) is 10.0. The first-order chi connectivity index (χ1) is 7.66. The molecule has 0 spiro atoms. The lowest BCUT2D eigenvalue weighted by Crippen LogP contribution is -2.11. The van der Waals surface area contributed by atoms with Crippen molar-refractivity contribution in [1.82, 2.24) is 9.59 Å². The third-order valence-corrected chi connectivity index (χ3v) is 3.14. The Hall–Kier alpha value is -1.80. The van der Waals surface area contributed by atoms with Crippen molar-refractivity contribution in [3.63, 3.8) is 0 Å². The van der Waals surface area contributed by atoms with Crippen LogP contribution in [0.3, 0.4) is 0 Å². The molecule has 16 heavy (non-hydrogen) atoms. The zero-order valence-electron chi connectivity index (χ0n) is 7.71. The molecule has 0 aliphatic carbocycles. The van der Waals surface area contributed by atoms with E-state index in [2.05, 4.69) is 14.9 Å². The molecule has 0 radical (unpaired) electrons. The first-order valence-corrected chi connectivity index (χ1v) is 5.73. The van der Waals surface area contributed by atoms with Gasteiger partial charge < -0.3 is 10.4 Å². The van der Waals surface area contributed by atoms with E-state index in [1.807, 2.05) is 0 Å². The monoisotopic (exact) mass is 255 g/mol. The van der Waals surface area contributed by atoms with Crippen molar-refractivity contribution in [3.05, 3.63) is 28.1 Å². The summed E-state index contributed by atoms with van der Waals surface area (Å²) in [4.78, 5) is 22.3. The number of rotatable bonds is 3. The van der Waals surface area contributed by atoms with E-state index in [0.717, 1.165) is 22.9 Å². The summed E-state index contributed by atoms with van der Waals surface area (Å²) in [7, 11) is 0. The third-order valence-electron chi connectivity index (χ3n) is 1.65. The van der Waals surface area contributed by atoms with Gasteiger partial charge in [0.25, 0.3) is 5.91 Å². The lowest BCUT2D eigenvalue weighted by atomic mass is 10.4. The van der Waals surface area contributed by atoms with Crippen molar-refractivity contribution in [3.8, 4) is 0 Å². The van der Waals surface area contributed by atoms with E-state index in [4.69, 9.17) is 5.11 Å². The summed E-state index contributed by atoms with van der Waals surface area (Å²) in [5.74, 6) is -1.41. The van der Waals surface area contributed by atoms with Crippen LogP contribution in [-0.4, -0.2) is 26.6 Å². The maximum Gasteiger partial charge on any atom is 0.345 e. The maximum absolute atomic E-state index is 11.5. The number of aromatic nitrogens is 2. The van der Waals surface area contributed by atoms with Crippen molar-refractivity contribution >= 4 is 39.7 Å². The summed E-state index contributed by atoms with van der Waals surface area (Å²) in [6.45, 7) is 0. The van der Waals surface area contributed by atoms with Gasteiger partial charge in [0.2, 0.25) is 0 Å². The average Bonchev–Trinajstić information content (AvgIpc) is 2.87. The van der Waals surface area contributed by atoms with Crippen molar-refractivity contribution in [2.24, 2.45) is 0 Å². The van der Waals surface area contributed by atoms with Gasteiger partial charge in [0.05, 0.1) is 5.00 Å². The molecular formula is C8H5N3O3S2. The molecule has 2 aromatic rings. The molecule has 0 bridgehead atoms. The first kappa shape index (κ1) is 10.7. The molecular weight excluding hydrogens is 250 g/mol. The molecule has 2 aromatic heterocycles. The minimum atomic E-state index is -1.01. The number of nitrogens with one attached hydrogen (secondary N) is 1. The molecule has 0 aliphatic rings. The van der Waals surface area contributed by atoms with Gasteiger partial charge in [0.1, 0.15) is 4.88 Å². The summed E-state index contributed by atoms with van der Waals surface area (Å²) >= 11 is 2.07. The molecule has 1 amide bonds. The van der Waals surface area contributed by atoms with Gasteiger partial charge in [-0.1, -0.05) is 4.49 Å². The number of hydrogen-bond acceptors (Lipinski definition) is 6. The van der Waals surface area contributed by atoms with Gasteiger partial charge in [-0.15, -0.1) is 16.4 Å². The first-order valence-electron chi connectivity index (χ1n) is 4.08. The van der Waals surface area contributed by atoms with Gasteiger partial charge >= 0.3 is 5.97 Å². The Kier molecular flexibility index (Phi) is 2.93. The van der Waals surface area contributed by atoms with E-state index in [0.29, 0.717) is 5.00 Å². The van der Waals surface area contributed by atoms with Crippen LogP contribution < -0.4 is 5.32 Å². The van der Waals surface area contributed by atoms with E-state index in [9.17, 15) is 9.59 Å². The average molecular weight is 255 g/mol. The highest BCUT2D eigenvalue weighted by atomic mass is 32.1. The number of anilines is 1. The van der Waals surface area contributed by atoms with Crippen molar-refractivity contribution < 1.29 is 14.7 Å². The number of carboxylic acids is 1. The van der Waals surface area contributed by atoms with Crippen molar-refractivity contribution in [1.29, 1.82) is 0 Å². The van der Waals surface area contributed by atoms with Gasteiger partial charge in [0, 0.05) is 5.38 Å². The number of carbonyl (C=O) groups excluding carboxylic acids is 1. The van der Waals surface area contributed by atoms with Gasteiger partial charge in [-0.25, -0.2) is 4.79 Å². The van der Waals surface area contributed by atoms with Gasteiger partial charge in [-0.2, -0.15) is 0 Å². The molecule has 2 N–H and O–H groups in total. The molecule has 0 saturated heterocycles. The van der Waals surface area contributed by atoms with Crippen LogP contribution in [-0.2, 0) is 0 Å². The van der Waals surface area contributed by atoms with Gasteiger partial charge in [0.15, 0.2) is 5.69 Å². The molecule has 82 valence electrons. The highest BCUT2D eigenvalue weighted by Crippen LogP contribution is 2.22. The third kappa shape index (κ3) is 2.23. The van der Waals surface area contributed by atoms with Crippen molar-refractivity contribution in [2.75, 3.05) is 5.32 Å². The Morgan fingerprint density at radius 3 is 2.75 bits per heavy atom. The summed E-state index contributed by atoms with van der Waals surface area (Å²) in [5.41, 5.74) is 0.218. The largest absolute Gasteiger partial charge is 0.477 e. The maximum atomic E-state index is 11.5. The number of carbonyl (C=O) groups is 2. The number of amides is 1. The highest BCUT2D eigenvalue weighted by Gasteiger charge is 2.12. The minimum Gasteiger partial charge on any atom is -0.477 e. The molecule has 0 fully saturated rings. The quantitative estimate of drug-likeness (QED) is 0.868. The molecule has 0 unspecified atom stereocenters. The van der Waals surface area contributed by atoms with E-state index in [1.54, 1.807) is 0 Å². The molecule has 0 aromatic carbocycles. The Labute approximate surface area is 97.7 Å². The standard InChI is InChI=1S/C8H5N3O3S2/c12-7(4-3-15-11-10-4)9-6-2-1-5(16-6)8(13)14/h1-3H,(H,9,12)(H,13,14). The minimum absolute atomic E-state index is 0.173. The number of hydrogen-bond donors (Lipinski definition) is 2. The molecule has 0 saturated carbocycles. The number of nitrogens with zero attached hydrogens (tertiary/aromatic N) is 2. The van der Waals surface area contributed by atoms with Crippen LogP contribution in [0.15, 0.2) is 17.5 Å². The summed E-state index contributed by atoms with van der Waals surface area (Å²) in [6, 6.07) is 2.97. The second-order valence-electron chi connectivity index (χ2n) is 2.71. The predicted octanol–water partition coefficient (Wildman–Crippen LogP) is 1.55. The second-order valence-corrected chi connectivity index (χ2v) is 4.41. The van der Waals surface area contributed by atoms with E-state index >= 15 is 0 Å². The van der Waals surface area contributed by atoms with Crippen LogP contribution in [0.2, 0.25) is 0 Å². The predicted molar refractivity (Wildman–Crippen MR) is 59.1 cm³/mol. The van der Waals surface area contributed by atoms with Crippen LogP contribution in [0.1, 0.15) is 20.2 Å². The Morgan fingerprint density at radius 1 is 1.38 bits per heavy atom. The Morgan fingerprint density at radius 2 is 2.19 bits per heavy atom. The fraction of sp³-hybridized carbons (Fsp3) is 0. The zero-order chi connectivity index (χ0) is 11.5. The molecule has 0 atom stereocenters. The van der Waals surface area contributed by atoms with E-state index < -0.39 is 11.9 Å². The van der Waals surface area contributed by atoms with Crippen LogP contribution in [0.4, 0.5) is 5.00 Å². The lowest BCUT2D eigenvalue weighted by Gasteiger charge is -1.96. The van der Waals surface area contributed by atoms with Crippen LogP contribution >= 0.6 is 22.9 Å². The van der Waals surface area contributed by atoms with Crippen LogP contribution in [0, 0.1) is 0 Å². The van der Waals surface area contributed by atoms with E-state index in [1.165, 1.54) is 17.5 Å². The topological polar surface area (TPSA) is 92.2 Å². The molecule has 0 aliphatic heterocycles. The fourth-order valence-electron chi connectivity index (χ4n) is 0.959. The molecule has 2 rings (SSSR count). The number of aromatic carboxylic acids is 1. The Balaban J connectivity index is 2.09. The second kappa shape index (κ2) is 4.37. The summed E-state index contributed by atoms with van der Waals surface area (Å²) < 4.78 is 3.56. The smallest absolute Gasteiger partial charge is 0.345 e. The Bertz CT molecular complexity index is 520. The number of thiophene rings is 1. The molecule has 2 heterocycles. The van der Waals surface area contributed by atoms with Gasteiger partial charge in [-0.05, 0) is 23.7 Å². The van der Waals surface area contributed by atoms with E-state index in [-0.39, 0.29) is 10.6 Å². The van der Waals surface area contributed by atoms with Gasteiger partial charge in [-0.3, -0.25) is 4.79 Å². The van der Waals surface area contributed by atoms with Crippen molar-refractivity contribution in [2.45, 2.75) is 0 Å². The summed E-state index contributed by atoms with van der Waals surface area (Å²) in [5, 5.41) is 16.8. The highest BCUT2D eigenvalue weighted by molar-refractivity contribution is 7.18.